The Labute approximate surface area is 135 Å². The molecule has 5 nitrogen and oxygen atoms in total. The Morgan fingerprint density at radius 2 is 1.86 bits per heavy atom. The highest BCUT2D eigenvalue weighted by Crippen LogP contribution is 2.46. The van der Waals surface area contributed by atoms with Gasteiger partial charge in [-0.2, -0.15) is 0 Å². The van der Waals surface area contributed by atoms with Gasteiger partial charge in [0.1, 0.15) is 5.82 Å². The number of amides is 1. The lowest BCUT2D eigenvalue weighted by atomic mass is 10.1. The lowest BCUT2D eigenvalue weighted by molar-refractivity contribution is -0.131. The number of piperidine rings is 1. The summed E-state index contributed by atoms with van der Waals surface area (Å²) in [5.41, 5.74) is 0. The van der Waals surface area contributed by atoms with Crippen LogP contribution in [0.5, 0.6) is 0 Å². The first kappa shape index (κ1) is 14.5. The van der Waals surface area contributed by atoms with Gasteiger partial charge in [0, 0.05) is 25.0 Å². The third kappa shape index (κ3) is 2.90. The molecule has 1 aromatic rings. The number of carbonyl (C=O) groups excluding carboxylic acids is 1. The largest absolute Gasteiger partial charge is 0.342 e. The van der Waals surface area contributed by atoms with Crippen LogP contribution >= 0.6 is 11.8 Å². The molecule has 6 heteroatoms. The Morgan fingerprint density at radius 1 is 1.14 bits per heavy atom. The molecule has 1 saturated heterocycles. The molecule has 3 fully saturated rings. The third-order valence-corrected chi connectivity index (χ3v) is 5.89. The van der Waals surface area contributed by atoms with Gasteiger partial charge in [-0.05, 0) is 51.9 Å². The van der Waals surface area contributed by atoms with Crippen molar-refractivity contribution in [3.8, 4) is 0 Å². The molecular weight excluding hydrogens is 296 g/mol. The van der Waals surface area contributed by atoms with Gasteiger partial charge in [0.25, 0.3) is 0 Å². The van der Waals surface area contributed by atoms with Crippen LogP contribution in [0.4, 0.5) is 0 Å². The summed E-state index contributed by atoms with van der Waals surface area (Å²) < 4.78 is 2.34. The van der Waals surface area contributed by atoms with Crippen LogP contribution in [0.1, 0.15) is 69.7 Å². The highest BCUT2D eigenvalue weighted by Gasteiger charge is 2.37. The number of likely N-dealkylation sites (tertiary alicyclic amines) is 1. The highest BCUT2D eigenvalue weighted by atomic mass is 32.2. The van der Waals surface area contributed by atoms with Crippen LogP contribution in [-0.4, -0.2) is 43.9 Å². The van der Waals surface area contributed by atoms with Crippen molar-refractivity contribution in [1.29, 1.82) is 0 Å². The van der Waals surface area contributed by atoms with E-state index in [-0.39, 0.29) is 11.2 Å². The molecule has 0 spiro atoms. The second-order valence-corrected chi connectivity index (χ2v) is 8.17. The van der Waals surface area contributed by atoms with E-state index in [1.54, 1.807) is 11.8 Å². The Bertz CT molecular complexity index is 558. The van der Waals surface area contributed by atoms with Gasteiger partial charge in [-0.1, -0.05) is 11.8 Å². The summed E-state index contributed by atoms with van der Waals surface area (Å²) in [6, 6.07) is 0.588. The molecule has 0 N–H and O–H groups in total. The molecule has 3 aliphatic rings. The Kier molecular flexibility index (Phi) is 3.88. The van der Waals surface area contributed by atoms with Crippen molar-refractivity contribution in [2.24, 2.45) is 0 Å². The lowest BCUT2D eigenvalue weighted by Crippen LogP contribution is -2.40. The molecule has 1 unspecified atom stereocenters. The SMILES string of the molecule is CC(Sc1nnc(C2CC2)n1C1CC1)C(=O)N1CCCCC1. The number of carbonyl (C=O) groups is 1. The first-order chi connectivity index (χ1) is 10.7. The first-order valence-corrected chi connectivity index (χ1v) is 9.52. The summed E-state index contributed by atoms with van der Waals surface area (Å²) in [5.74, 6) is 2.06. The van der Waals surface area contributed by atoms with E-state index in [4.69, 9.17) is 0 Å². The lowest BCUT2D eigenvalue weighted by Gasteiger charge is -2.28. The summed E-state index contributed by atoms with van der Waals surface area (Å²) in [5, 5.41) is 9.74. The fraction of sp³-hybridized carbons (Fsp3) is 0.812. The van der Waals surface area contributed by atoms with Crippen LogP contribution in [0, 0.1) is 0 Å². The monoisotopic (exact) mass is 320 g/mol. The van der Waals surface area contributed by atoms with Gasteiger partial charge in [-0.25, -0.2) is 0 Å². The molecule has 0 bridgehead atoms. The average molecular weight is 320 g/mol. The molecule has 1 aliphatic heterocycles. The van der Waals surface area contributed by atoms with Crippen molar-refractivity contribution in [3.05, 3.63) is 5.82 Å². The zero-order valence-corrected chi connectivity index (χ0v) is 14.0. The van der Waals surface area contributed by atoms with Gasteiger partial charge in [0.05, 0.1) is 5.25 Å². The van der Waals surface area contributed by atoms with Gasteiger partial charge >= 0.3 is 0 Å². The number of nitrogens with zero attached hydrogens (tertiary/aromatic N) is 4. The van der Waals surface area contributed by atoms with Crippen molar-refractivity contribution in [3.63, 3.8) is 0 Å². The standard InChI is InChI=1S/C16H24N4OS/c1-11(15(21)19-9-3-2-4-10-19)22-16-18-17-14(12-5-6-12)20(16)13-7-8-13/h11-13H,2-10H2,1H3. The molecule has 2 heterocycles. The molecular formula is C16H24N4OS. The van der Waals surface area contributed by atoms with Crippen molar-refractivity contribution in [1.82, 2.24) is 19.7 Å². The van der Waals surface area contributed by atoms with Gasteiger partial charge in [0.2, 0.25) is 5.91 Å². The zero-order chi connectivity index (χ0) is 15.1. The summed E-state index contributed by atoms with van der Waals surface area (Å²) in [7, 11) is 0. The van der Waals surface area contributed by atoms with Crippen LogP contribution in [0.3, 0.4) is 0 Å². The van der Waals surface area contributed by atoms with E-state index in [0.29, 0.717) is 12.0 Å². The molecule has 1 aromatic heterocycles. The van der Waals surface area contributed by atoms with Crippen LogP contribution in [-0.2, 0) is 4.79 Å². The number of rotatable bonds is 5. The van der Waals surface area contributed by atoms with Crippen LogP contribution in [0.15, 0.2) is 5.16 Å². The van der Waals surface area contributed by atoms with Gasteiger partial charge < -0.3 is 9.47 Å². The molecule has 1 amide bonds. The van der Waals surface area contributed by atoms with Crippen molar-refractivity contribution in [2.45, 2.75) is 74.2 Å². The molecule has 1 atom stereocenters. The quantitative estimate of drug-likeness (QED) is 0.783. The Balaban J connectivity index is 1.47. The second kappa shape index (κ2) is 5.87. The normalized spacial score (nSPS) is 23.6. The molecule has 2 saturated carbocycles. The topological polar surface area (TPSA) is 51.0 Å². The minimum absolute atomic E-state index is 0.0631. The number of aromatic nitrogens is 3. The van der Waals surface area contributed by atoms with Crippen molar-refractivity contribution >= 4 is 17.7 Å². The van der Waals surface area contributed by atoms with Gasteiger partial charge in [-0.3, -0.25) is 4.79 Å². The molecule has 22 heavy (non-hydrogen) atoms. The van der Waals surface area contributed by atoms with E-state index in [9.17, 15) is 4.79 Å². The Morgan fingerprint density at radius 3 is 2.50 bits per heavy atom. The number of thioether (sulfide) groups is 1. The van der Waals surface area contributed by atoms with Gasteiger partial charge in [0.15, 0.2) is 5.16 Å². The molecule has 120 valence electrons. The van der Waals surface area contributed by atoms with E-state index in [1.807, 2.05) is 11.8 Å². The van der Waals surface area contributed by atoms with Crippen LogP contribution in [0.25, 0.3) is 0 Å². The Hall–Kier alpha value is -1.04. The zero-order valence-electron chi connectivity index (χ0n) is 13.2. The van der Waals surface area contributed by atoms with Crippen LogP contribution in [0.2, 0.25) is 0 Å². The van der Waals surface area contributed by atoms with E-state index in [0.717, 1.165) is 31.1 Å². The molecule has 4 rings (SSSR count). The minimum Gasteiger partial charge on any atom is -0.342 e. The summed E-state index contributed by atoms with van der Waals surface area (Å²) in [6.45, 7) is 3.86. The highest BCUT2D eigenvalue weighted by molar-refractivity contribution is 8.00. The van der Waals surface area contributed by atoms with E-state index >= 15 is 0 Å². The van der Waals surface area contributed by atoms with Crippen molar-refractivity contribution < 1.29 is 4.79 Å². The molecule has 2 aliphatic carbocycles. The summed E-state index contributed by atoms with van der Waals surface area (Å²) >= 11 is 1.60. The van der Waals surface area contributed by atoms with E-state index in [2.05, 4.69) is 14.8 Å². The average Bonchev–Trinajstić information content (AvgIpc) is 3.46. The molecule has 0 radical (unpaired) electrons. The fourth-order valence-electron chi connectivity index (χ4n) is 3.24. The fourth-order valence-corrected chi connectivity index (χ4v) is 4.25. The smallest absolute Gasteiger partial charge is 0.235 e. The maximum atomic E-state index is 12.6. The van der Waals surface area contributed by atoms with Crippen molar-refractivity contribution in [2.75, 3.05) is 13.1 Å². The predicted molar refractivity (Wildman–Crippen MR) is 86.0 cm³/mol. The van der Waals surface area contributed by atoms with E-state index in [1.165, 1.54) is 37.9 Å². The number of hydrogen-bond acceptors (Lipinski definition) is 4. The second-order valence-electron chi connectivity index (χ2n) is 6.86. The first-order valence-electron chi connectivity index (χ1n) is 8.64. The van der Waals surface area contributed by atoms with Gasteiger partial charge in [-0.15, -0.1) is 10.2 Å². The predicted octanol–water partition coefficient (Wildman–Crippen LogP) is 2.98. The third-order valence-electron chi connectivity index (χ3n) is 4.84. The van der Waals surface area contributed by atoms with Crippen LogP contribution < -0.4 is 0 Å². The maximum Gasteiger partial charge on any atom is 0.235 e. The summed E-state index contributed by atoms with van der Waals surface area (Å²) in [4.78, 5) is 14.6. The molecule has 0 aromatic carbocycles. The minimum atomic E-state index is -0.0631. The number of hydrogen-bond donors (Lipinski definition) is 0. The van der Waals surface area contributed by atoms with E-state index < -0.39 is 0 Å². The maximum absolute atomic E-state index is 12.6. The summed E-state index contributed by atoms with van der Waals surface area (Å²) in [6.07, 6.45) is 8.52.